The SMILES string of the molecule is C#C[C@@]1(O)C(O)[C@@](F)(CO)O[C@H]1n1ccc(=S)[nH]c1=O. The molecule has 1 saturated heterocycles. The number of aromatic nitrogens is 2. The van der Waals surface area contributed by atoms with Crippen molar-refractivity contribution in [2.75, 3.05) is 6.61 Å². The number of terminal acetylenes is 1. The van der Waals surface area contributed by atoms with E-state index >= 15 is 0 Å². The topological polar surface area (TPSA) is 108 Å². The molecule has 1 fully saturated rings. The lowest BCUT2D eigenvalue weighted by Gasteiger charge is -2.26. The Bertz CT molecular complexity index is 682. The largest absolute Gasteiger partial charge is 0.390 e. The number of hydrogen-bond donors (Lipinski definition) is 4. The van der Waals surface area contributed by atoms with Gasteiger partial charge in [-0.25, -0.2) is 9.18 Å². The highest BCUT2D eigenvalue weighted by atomic mass is 32.1. The zero-order valence-corrected chi connectivity index (χ0v) is 10.8. The first-order valence-corrected chi connectivity index (χ1v) is 5.86. The van der Waals surface area contributed by atoms with E-state index in [1.807, 2.05) is 0 Å². The minimum Gasteiger partial charge on any atom is -0.390 e. The van der Waals surface area contributed by atoms with Crippen molar-refractivity contribution >= 4 is 12.2 Å². The second-order valence-electron chi connectivity index (χ2n) is 4.30. The van der Waals surface area contributed by atoms with E-state index in [9.17, 15) is 19.4 Å². The Labute approximate surface area is 117 Å². The summed E-state index contributed by atoms with van der Waals surface area (Å²) in [7, 11) is 0. The molecule has 20 heavy (non-hydrogen) atoms. The van der Waals surface area contributed by atoms with Crippen LogP contribution in [-0.2, 0) is 4.74 Å². The van der Waals surface area contributed by atoms with E-state index in [0.717, 1.165) is 10.8 Å². The number of aliphatic hydroxyl groups is 3. The lowest BCUT2D eigenvalue weighted by molar-refractivity contribution is -0.207. The molecule has 2 heterocycles. The lowest BCUT2D eigenvalue weighted by atomic mass is 9.94. The summed E-state index contributed by atoms with van der Waals surface area (Å²) >= 11 is 4.73. The second kappa shape index (κ2) is 4.76. The van der Waals surface area contributed by atoms with Crippen LogP contribution in [0, 0.1) is 17.0 Å². The molecule has 4 N–H and O–H groups in total. The summed E-state index contributed by atoms with van der Waals surface area (Å²) in [5.74, 6) is -1.19. The van der Waals surface area contributed by atoms with E-state index in [-0.39, 0.29) is 4.64 Å². The van der Waals surface area contributed by atoms with Crippen molar-refractivity contribution < 1.29 is 24.4 Å². The first kappa shape index (κ1) is 14.8. The fraction of sp³-hybridized carbons (Fsp3) is 0.455. The summed E-state index contributed by atoms with van der Waals surface area (Å²) in [5.41, 5.74) is -3.34. The molecule has 0 bridgehead atoms. The molecule has 9 heteroatoms. The van der Waals surface area contributed by atoms with Gasteiger partial charge in [-0.05, 0) is 6.07 Å². The molecule has 0 aromatic carbocycles. The maximum absolute atomic E-state index is 14.1. The van der Waals surface area contributed by atoms with Crippen molar-refractivity contribution in [3.63, 3.8) is 0 Å². The van der Waals surface area contributed by atoms with Crippen LogP contribution in [0.25, 0.3) is 0 Å². The third-order valence-electron chi connectivity index (χ3n) is 3.06. The van der Waals surface area contributed by atoms with Crippen molar-refractivity contribution in [1.82, 2.24) is 9.55 Å². The van der Waals surface area contributed by atoms with Crippen LogP contribution in [0.4, 0.5) is 4.39 Å². The van der Waals surface area contributed by atoms with Gasteiger partial charge in [0.15, 0.2) is 12.3 Å². The van der Waals surface area contributed by atoms with Crippen molar-refractivity contribution in [2.45, 2.75) is 23.8 Å². The highest BCUT2D eigenvalue weighted by Crippen LogP contribution is 2.44. The summed E-state index contributed by atoms with van der Waals surface area (Å²) in [6, 6.07) is 1.29. The number of halogens is 1. The minimum absolute atomic E-state index is 0.114. The molecule has 1 aromatic rings. The van der Waals surface area contributed by atoms with Gasteiger partial charge in [-0.3, -0.25) is 9.55 Å². The van der Waals surface area contributed by atoms with Crippen molar-refractivity contribution in [1.29, 1.82) is 0 Å². The number of alkyl halides is 1. The molecule has 0 aliphatic carbocycles. The predicted octanol–water partition coefficient (Wildman–Crippen LogP) is -1.18. The van der Waals surface area contributed by atoms with Crippen LogP contribution in [0.3, 0.4) is 0 Å². The molecule has 4 atom stereocenters. The van der Waals surface area contributed by atoms with E-state index in [0.29, 0.717) is 0 Å². The van der Waals surface area contributed by atoms with Crippen LogP contribution >= 0.6 is 12.2 Å². The smallest absolute Gasteiger partial charge is 0.328 e. The van der Waals surface area contributed by atoms with Gasteiger partial charge >= 0.3 is 5.69 Å². The van der Waals surface area contributed by atoms with Gasteiger partial charge in [0.2, 0.25) is 5.60 Å². The zero-order valence-electron chi connectivity index (χ0n) is 9.99. The average molecular weight is 302 g/mol. The number of nitrogens with zero attached hydrogens (tertiary/aromatic N) is 1. The Morgan fingerprint density at radius 1 is 1.70 bits per heavy atom. The highest BCUT2D eigenvalue weighted by molar-refractivity contribution is 7.71. The minimum atomic E-state index is -2.99. The normalized spacial score (nSPS) is 36.8. The van der Waals surface area contributed by atoms with Crippen molar-refractivity contribution in [3.05, 3.63) is 27.4 Å². The molecular weight excluding hydrogens is 291 g/mol. The van der Waals surface area contributed by atoms with Crippen LogP contribution in [0.1, 0.15) is 6.23 Å². The van der Waals surface area contributed by atoms with Gasteiger partial charge in [0.25, 0.3) is 5.85 Å². The Morgan fingerprint density at radius 2 is 2.35 bits per heavy atom. The Balaban J connectivity index is 2.59. The van der Waals surface area contributed by atoms with E-state index in [4.69, 9.17) is 28.5 Å². The monoisotopic (exact) mass is 302 g/mol. The van der Waals surface area contributed by atoms with Crippen LogP contribution in [0.5, 0.6) is 0 Å². The Morgan fingerprint density at radius 3 is 2.85 bits per heavy atom. The first-order chi connectivity index (χ1) is 9.28. The number of aliphatic hydroxyl groups excluding tert-OH is 2. The zero-order chi connectivity index (χ0) is 15.1. The van der Waals surface area contributed by atoms with Crippen LogP contribution in [0.2, 0.25) is 0 Å². The molecule has 108 valence electrons. The Kier molecular flexibility index (Phi) is 3.53. The van der Waals surface area contributed by atoms with Gasteiger partial charge in [0.1, 0.15) is 11.2 Å². The maximum Gasteiger partial charge on any atom is 0.328 e. The van der Waals surface area contributed by atoms with Gasteiger partial charge in [-0.2, -0.15) is 0 Å². The summed E-state index contributed by atoms with van der Waals surface area (Å²) in [5, 5.41) is 28.9. The number of rotatable bonds is 2. The summed E-state index contributed by atoms with van der Waals surface area (Å²) in [6.45, 7) is -1.24. The third kappa shape index (κ3) is 1.98. The summed E-state index contributed by atoms with van der Waals surface area (Å²) < 4.78 is 19.8. The highest BCUT2D eigenvalue weighted by Gasteiger charge is 2.64. The average Bonchev–Trinajstić information content (AvgIpc) is 2.62. The van der Waals surface area contributed by atoms with Crippen LogP contribution < -0.4 is 5.69 Å². The Hall–Kier alpha value is -1.57. The number of aromatic amines is 1. The summed E-state index contributed by atoms with van der Waals surface area (Å²) in [6.07, 6.45) is 2.28. The molecule has 0 radical (unpaired) electrons. The number of H-pyrrole nitrogens is 1. The second-order valence-corrected chi connectivity index (χ2v) is 4.74. The molecule has 7 nitrogen and oxygen atoms in total. The van der Waals surface area contributed by atoms with E-state index in [2.05, 4.69) is 4.98 Å². The molecule has 0 spiro atoms. The molecular formula is C11H11FN2O5S. The maximum atomic E-state index is 14.1. The van der Waals surface area contributed by atoms with Crippen LogP contribution in [-0.4, -0.2) is 49.0 Å². The van der Waals surface area contributed by atoms with Crippen molar-refractivity contribution in [3.8, 4) is 12.3 Å². The molecule has 1 aliphatic rings. The van der Waals surface area contributed by atoms with Crippen molar-refractivity contribution in [2.24, 2.45) is 0 Å². The van der Waals surface area contributed by atoms with Gasteiger partial charge < -0.3 is 20.1 Å². The van der Waals surface area contributed by atoms with Gasteiger partial charge in [-0.15, -0.1) is 6.42 Å². The molecule has 1 aromatic heterocycles. The summed E-state index contributed by atoms with van der Waals surface area (Å²) in [4.78, 5) is 14.0. The molecule has 1 aliphatic heterocycles. The lowest BCUT2D eigenvalue weighted by Crippen LogP contribution is -2.50. The fourth-order valence-electron chi connectivity index (χ4n) is 1.96. The quantitative estimate of drug-likeness (QED) is 0.404. The standard InChI is InChI=1S/C11H11FN2O5S/c1-2-10(18)7(16)11(12,5-15)19-8(10)14-4-3-6(20)13-9(14)17/h1,3-4,7-8,15-16,18H,5H2,(H,13,17,20)/t7?,8-,10-,11-/m1/s1. The molecule has 0 amide bonds. The number of nitrogens with one attached hydrogen (secondary N) is 1. The molecule has 0 saturated carbocycles. The molecule has 1 unspecified atom stereocenters. The number of hydrogen-bond acceptors (Lipinski definition) is 6. The van der Waals surface area contributed by atoms with E-state index < -0.39 is 36.1 Å². The third-order valence-corrected chi connectivity index (χ3v) is 3.30. The van der Waals surface area contributed by atoms with Gasteiger partial charge in [0.05, 0.1) is 0 Å². The van der Waals surface area contributed by atoms with Crippen LogP contribution in [0.15, 0.2) is 17.1 Å². The van der Waals surface area contributed by atoms with E-state index in [1.54, 1.807) is 5.92 Å². The van der Waals surface area contributed by atoms with Gasteiger partial charge in [0, 0.05) is 6.20 Å². The first-order valence-electron chi connectivity index (χ1n) is 5.46. The van der Waals surface area contributed by atoms with Gasteiger partial charge in [-0.1, -0.05) is 18.1 Å². The van der Waals surface area contributed by atoms with E-state index in [1.165, 1.54) is 6.07 Å². The molecule has 2 rings (SSSR count). The predicted molar refractivity (Wildman–Crippen MR) is 66.7 cm³/mol. The number of ether oxygens (including phenoxy) is 1. The fourth-order valence-corrected chi connectivity index (χ4v) is 2.11.